The molecule has 60 heavy (non-hydrogen) atoms. The lowest BCUT2D eigenvalue weighted by Crippen LogP contribution is -2.12. The zero-order chi connectivity index (χ0) is 39.6. The van der Waals surface area contributed by atoms with Gasteiger partial charge in [-0.3, -0.25) is 0 Å². The lowest BCUT2D eigenvalue weighted by molar-refractivity contribution is 1.17. The van der Waals surface area contributed by atoms with Crippen LogP contribution in [-0.2, 0) is 0 Å². The molecule has 0 bridgehead atoms. The number of fused-ring (bicyclic) bond motifs is 10. The van der Waals surface area contributed by atoms with E-state index in [1.165, 1.54) is 81.6 Å². The molecule has 12 aromatic rings. The summed E-state index contributed by atoms with van der Waals surface area (Å²) >= 11 is 0. The summed E-state index contributed by atoms with van der Waals surface area (Å²) in [4.78, 5) is 2.43. The fourth-order valence-electron chi connectivity index (χ4n) is 9.59. The van der Waals surface area contributed by atoms with Gasteiger partial charge in [-0.15, -0.1) is 0 Å². The largest absolute Gasteiger partial charge is 0.310 e. The maximum atomic E-state index is 2.43. The van der Waals surface area contributed by atoms with Crippen molar-refractivity contribution in [3.8, 4) is 27.9 Å². The highest BCUT2D eigenvalue weighted by molar-refractivity contribution is 6.27. The molecule has 280 valence electrons. The van der Waals surface area contributed by atoms with Crippen LogP contribution in [0.25, 0.3) is 92.8 Å². The van der Waals surface area contributed by atoms with E-state index in [0.29, 0.717) is 0 Å². The van der Waals surface area contributed by atoms with Crippen molar-refractivity contribution >= 4 is 82.0 Å². The van der Waals surface area contributed by atoms with E-state index in [4.69, 9.17) is 0 Å². The fourth-order valence-corrected chi connectivity index (χ4v) is 9.59. The SMILES string of the molecule is c1ccc(-c2cccc(N(c3cccc(-n4c5ccccc5c5ccccc54)c3)c3ccccc3-c3ccc4c(ccc5ccc6ccc7ccccc7c6c54)c3)c2)cc1. The Balaban J connectivity index is 1.07. The predicted octanol–water partition coefficient (Wildman–Crippen LogP) is 16.2. The maximum Gasteiger partial charge on any atom is 0.0541 e. The van der Waals surface area contributed by atoms with Gasteiger partial charge >= 0.3 is 0 Å². The highest BCUT2D eigenvalue weighted by Crippen LogP contribution is 2.44. The minimum atomic E-state index is 1.08. The molecule has 0 aliphatic carbocycles. The molecule has 0 fully saturated rings. The fraction of sp³-hybridized carbons (Fsp3) is 0. The first-order valence-electron chi connectivity index (χ1n) is 20.7. The zero-order valence-corrected chi connectivity index (χ0v) is 32.8. The Labute approximate surface area is 348 Å². The van der Waals surface area contributed by atoms with Crippen molar-refractivity contribution < 1.29 is 0 Å². The zero-order valence-electron chi connectivity index (χ0n) is 32.8. The van der Waals surface area contributed by atoms with E-state index in [1.54, 1.807) is 0 Å². The van der Waals surface area contributed by atoms with Crippen LogP contribution in [0.5, 0.6) is 0 Å². The third-order valence-electron chi connectivity index (χ3n) is 12.3. The van der Waals surface area contributed by atoms with Crippen LogP contribution in [0.2, 0.25) is 0 Å². The average molecular weight is 763 g/mol. The molecule has 1 heterocycles. The average Bonchev–Trinajstić information content (AvgIpc) is 3.66. The molecular formula is C58H38N2. The van der Waals surface area contributed by atoms with Gasteiger partial charge in [-0.1, -0.05) is 176 Å². The third-order valence-corrected chi connectivity index (χ3v) is 12.3. The molecule has 0 aliphatic rings. The van der Waals surface area contributed by atoms with Crippen molar-refractivity contribution in [3.63, 3.8) is 0 Å². The highest BCUT2D eigenvalue weighted by atomic mass is 15.1. The second-order valence-corrected chi connectivity index (χ2v) is 15.7. The smallest absolute Gasteiger partial charge is 0.0541 e. The number of anilines is 3. The number of aromatic nitrogens is 1. The van der Waals surface area contributed by atoms with E-state index >= 15 is 0 Å². The van der Waals surface area contributed by atoms with E-state index in [2.05, 4.69) is 240 Å². The Morgan fingerprint density at radius 3 is 1.60 bits per heavy atom. The van der Waals surface area contributed by atoms with E-state index in [9.17, 15) is 0 Å². The van der Waals surface area contributed by atoms with Gasteiger partial charge in [-0.25, -0.2) is 0 Å². The first-order valence-corrected chi connectivity index (χ1v) is 20.7. The van der Waals surface area contributed by atoms with E-state index in [-0.39, 0.29) is 0 Å². The highest BCUT2D eigenvalue weighted by Gasteiger charge is 2.20. The normalized spacial score (nSPS) is 11.7. The van der Waals surface area contributed by atoms with Gasteiger partial charge < -0.3 is 9.47 Å². The summed E-state index contributed by atoms with van der Waals surface area (Å²) in [6.45, 7) is 0. The Bertz CT molecular complexity index is 3560. The van der Waals surface area contributed by atoms with Crippen molar-refractivity contribution in [1.29, 1.82) is 0 Å². The van der Waals surface area contributed by atoms with Gasteiger partial charge in [0.2, 0.25) is 0 Å². The van der Waals surface area contributed by atoms with Crippen molar-refractivity contribution in [3.05, 3.63) is 231 Å². The molecule has 2 nitrogen and oxygen atoms in total. The van der Waals surface area contributed by atoms with Crippen molar-refractivity contribution in [2.75, 3.05) is 4.90 Å². The second kappa shape index (κ2) is 13.9. The van der Waals surface area contributed by atoms with Crippen molar-refractivity contribution in [1.82, 2.24) is 4.57 Å². The summed E-state index contributed by atoms with van der Waals surface area (Å²) in [5.41, 5.74) is 11.5. The minimum absolute atomic E-state index is 1.08. The first-order chi connectivity index (χ1) is 29.8. The molecule has 0 radical (unpaired) electrons. The standard InChI is InChI=1S/C58H38N2/c1-2-14-39(15-3-1)43-17-12-18-46(37-43)59(47-19-13-20-48(38-47)60-55-26-10-7-23-52(55)53-24-8-11-27-56(53)60)54-25-9-6-21-49(54)44-34-35-51-45(36-44)33-32-42-31-30-41-29-28-40-16-4-5-22-50(40)57(41)58(42)51/h1-38H. The van der Waals surface area contributed by atoms with E-state index in [1.807, 2.05) is 0 Å². The maximum absolute atomic E-state index is 2.43. The molecule has 0 saturated heterocycles. The molecule has 11 aromatic carbocycles. The monoisotopic (exact) mass is 762 g/mol. The molecule has 0 unspecified atom stereocenters. The van der Waals surface area contributed by atoms with E-state index < -0.39 is 0 Å². The van der Waals surface area contributed by atoms with Crippen LogP contribution >= 0.6 is 0 Å². The lowest BCUT2D eigenvalue weighted by atomic mass is 9.91. The molecule has 0 N–H and O–H groups in total. The lowest BCUT2D eigenvalue weighted by Gasteiger charge is -2.29. The van der Waals surface area contributed by atoms with Crippen LogP contribution < -0.4 is 4.90 Å². The van der Waals surface area contributed by atoms with Crippen LogP contribution in [0.1, 0.15) is 0 Å². The van der Waals surface area contributed by atoms with Gasteiger partial charge in [0, 0.05) is 33.4 Å². The topological polar surface area (TPSA) is 8.17 Å². The number of nitrogens with zero attached hydrogens (tertiary/aromatic N) is 2. The Kier molecular flexibility index (Phi) is 7.89. The van der Waals surface area contributed by atoms with Gasteiger partial charge in [0.25, 0.3) is 0 Å². The number of benzene rings is 11. The molecule has 12 rings (SSSR count). The molecule has 0 amide bonds. The van der Waals surface area contributed by atoms with Gasteiger partial charge in [-0.05, 0) is 114 Å². The third kappa shape index (κ3) is 5.50. The van der Waals surface area contributed by atoms with Crippen LogP contribution in [0.15, 0.2) is 231 Å². The summed E-state index contributed by atoms with van der Waals surface area (Å²) in [6, 6.07) is 84.3. The van der Waals surface area contributed by atoms with E-state index in [0.717, 1.165) is 28.3 Å². The summed E-state index contributed by atoms with van der Waals surface area (Å²) in [5.74, 6) is 0. The summed E-state index contributed by atoms with van der Waals surface area (Å²) in [6.07, 6.45) is 0. The van der Waals surface area contributed by atoms with Crippen molar-refractivity contribution in [2.45, 2.75) is 0 Å². The predicted molar refractivity (Wildman–Crippen MR) is 256 cm³/mol. The van der Waals surface area contributed by atoms with Crippen LogP contribution in [0, 0.1) is 0 Å². The Morgan fingerprint density at radius 2 is 0.850 bits per heavy atom. The quantitative estimate of drug-likeness (QED) is 0.153. The molecule has 0 spiro atoms. The number of para-hydroxylation sites is 3. The summed E-state index contributed by atoms with van der Waals surface area (Å²) in [7, 11) is 0. The van der Waals surface area contributed by atoms with Crippen molar-refractivity contribution in [2.24, 2.45) is 0 Å². The molecule has 2 heteroatoms. The molecular weight excluding hydrogens is 725 g/mol. The molecule has 0 atom stereocenters. The van der Waals surface area contributed by atoms with Crippen LogP contribution in [0.4, 0.5) is 17.1 Å². The summed E-state index contributed by atoms with van der Waals surface area (Å²) in [5, 5.41) is 12.7. The van der Waals surface area contributed by atoms with Crippen LogP contribution in [0.3, 0.4) is 0 Å². The molecule has 1 aromatic heterocycles. The summed E-state index contributed by atoms with van der Waals surface area (Å²) < 4.78 is 2.40. The Morgan fingerprint density at radius 1 is 0.300 bits per heavy atom. The number of hydrogen-bond acceptors (Lipinski definition) is 1. The van der Waals surface area contributed by atoms with Gasteiger partial charge in [0.15, 0.2) is 0 Å². The van der Waals surface area contributed by atoms with Gasteiger partial charge in [0.05, 0.1) is 16.7 Å². The second-order valence-electron chi connectivity index (χ2n) is 15.7. The molecule has 0 saturated carbocycles. The number of hydrogen-bond donors (Lipinski definition) is 0. The Hall–Kier alpha value is -7.94. The van der Waals surface area contributed by atoms with Crippen LogP contribution in [-0.4, -0.2) is 4.57 Å². The first kappa shape index (κ1) is 34.1. The number of rotatable bonds is 6. The van der Waals surface area contributed by atoms with Gasteiger partial charge in [0.1, 0.15) is 0 Å². The minimum Gasteiger partial charge on any atom is -0.310 e. The van der Waals surface area contributed by atoms with Gasteiger partial charge in [-0.2, -0.15) is 0 Å². The molecule has 0 aliphatic heterocycles.